The van der Waals surface area contributed by atoms with Crippen LogP contribution in [0.2, 0.25) is 0 Å². The molecule has 1 aliphatic heterocycles. The SMILES string of the molecule is COc1ccc(CN(C(=O)OCc2ccccc2)[C@@](C)(CCO)[C@H]2OC(C)(C)O[C@@H]2C)cc1. The normalized spacial score (nSPS) is 21.3. The summed E-state index contributed by atoms with van der Waals surface area (Å²) in [4.78, 5) is 15.1. The molecule has 0 aliphatic carbocycles. The maximum atomic E-state index is 13.5. The van der Waals surface area contributed by atoms with E-state index in [1.54, 1.807) is 12.0 Å². The maximum absolute atomic E-state index is 13.5. The third-order valence-corrected chi connectivity index (χ3v) is 6.08. The third-order valence-electron chi connectivity index (χ3n) is 6.08. The number of aliphatic hydroxyl groups excluding tert-OH is 1. The quantitative estimate of drug-likeness (QED) is 0.597. The zero-order valence-electron chi connectivity index (χ0n) is 20.1. The number of nitrogens with zero attached hydrogens (tertiary/aromatic N) is 1. The fraction of sp³-hybridized carbons (Fsp3) is 0.500. The molecule has 0 saturated carbocycles. The van der Waals surface area contributed by atoms with Crippen LogP contribution in [0.5, 0.6) is 5.75 Å². The first-order chi connectivity index (χ1) is 15.7. The van der Waals surface area contributed by atoms with Gasteiger partial charge >= 0.3 is 6.09 Å². The van der Waals surface area contributed by atoms with Crippen molar-refractivity contribution < 1.29 is 28.8 Å². The highest BCUT2D eigenvalue weighted by molar-refractivity contribution is 5.69. The van der Waals surface area contributed by atoms with E-state index in [1.165, 1.54) is 0 Å². The van der Waals surface area contributed by atoms with E-state index >= 15 is 0 Å². The molecule has 0 aromatic heterocycles. The molecule has 1 N–H and O–H groups in total. The molecule has 2 aromatic carbocycles. The number of ether oxygens (including phenoxy) is 4. The number of methoxy groups -OCH3 is 1. The van der Waals surface area contributed by atoms with Crippen molar-refractivity contribution in [2.75, 3.05) is 13.7 Å². The van der Waals surface area contributed by atoms with Gasteiger partial charge in [-0.2, -0.15) is 0 Å². The van der Waals surface area contributed by atoms with Crippen LogP contribution in [0.1, 0.15) is 45.2 Å². The summed E-state index contributed by atoms with van der Waals surface area (Å²) in [5.41, 5.74) is 0.923. The molecule has 1 fully saturated rings. The van der Waals surface area contributed by atoms with E-state index in [4.69, 9.17) is 18.9 Å². The van der Waals surface area contributed by atoms with Crippen LogP contribution in [-0.4, -0.2) is 53.4 Å². The van der Waals surface area contributed by atoms with Crippen LogP contribution in [-0.2, 0) is 27.4 Å². The third kappa shape index (κ3) is 6.05. The highest BCUT2D eigenvalue weighted by Crippen LogP contribution is 2.39. The Bertz CT molecular complexity index is 901. The topological polar surface area (TPSA) is 77.5 Å². The van der Waals surface area contributed by atoms with E-state index in [2.05, 4.69) is 0 Å². The number of hydrogen-bond donors (Lipinski definition) is 1. The molecule has 3 atom stereocenters. The summed E-state index contributed by atoms with van der Waals surface area (Å²) < 4.78 is 23.2. The highest BCUT2D eigenvalue weighted by Gasteiger charge is 2.52. The second-order valence-corrected chi connectivity index (χ2v) is 9.07. The average Bonchev–Trinajstić information content (AvgIpc) is 3.09. The van der Waals surface area contributed by atoms with Gasteiger partial charge in [0.05, 0.1) is 18.8 Å². The zero-order chi connectivity index (χ0) is 24.1. The van der Waals surface area contributed by atoms with Crippen LogP contribution in [0, 0.1) is 0 Å². The van der Waals surface area contributed by atoms with Crippen molar-refractivity contribution in [3.8, 4) is 5.75 Å². The Morgan fingerprint density at radius 1 is 1.09 bits per heavy atom. The summed E-state index contributed by atoms with van der Waals surface area (Å²) in [6.45, 7) is 7.86. The second kappa shape index (κ2) is 10.5. The van der Waals surface area contributed by atoms with Crippen LogP contribution in [0.25, 0.3) is 0 Å². The van der Waals surface area contributed by atoms with Gasteiger partial charge in [-0.1, -0.05) is 42.5 Å². The van der Waals surface area contributed by atoms with Crippen molar-refractivity contribution >= 4 is 6.09 Å². The molecule has 0 spiro atoms. The first-order valence-electron chi connectivity index (χ1n) is 11.3. The minimum atomic E-state index is -0.879. The summed E-state index contributed by atoms with van der Waals surface area (Å²) in [6, 6.07) is 17.1. The Balaban J connectivity index is 1.92. The van der Waals surface area contributed by atoms with Gasteiger partial charge in [0.2, 0.25) is 0 Å². The Kier molecular flexibility index (Phi) is 8.00. The molecule has 33 heavy (non-hydrogen) atoms. The number of benzene rings is 2. The van der Waals surface area contributed by atoms with Crippen LogP contribution in [0.4, 0.5) is 4.79 Å². The van der Waals surface area contributed by atoms with Gasteiger partial charge in [0, 0.05) is 13.2 Å². The van der Waals surface area contributed by atoms with E-state index in [0.717, 1.165) is 16.9 Å². The standard InChI is InChI=1S/C26H35NO6/c1-19-23(33-25(2,3)32-19)26(4,15-16-28)27(17-20-11-13-22(30-5)14-12-20)24(29)31-18-21-9-7-6-8-10-21/h6-14,19,23,28H,15-18H2,1-5H3/t19-,23+,26+/m1/s1. The average molecular weight is 458 g/mol. The van der Waals surface area contributed by atoms with E-state index in [1.807, 2.05) is 82.3 Å². The van der Waals surface area contributed by atoms with E-state index in [-0.39, 0.29) is 25.9 Å². The van der Waals surface area contributed by atoms with E-state index in [9.17, 15) is 9.90 Å². The number of carbonyl (C=O) groups excluding carboxylic acids is 1. The number of hydrogen-bond acceptors (Lipinski definition) is 6. The molecular formula is C26H35NO6. The number of rotatable bonds is 9. The Labute approximate surface area is 196 Å². The lowest BCUT2D eigenvalue weighted by molar-refractivity contribution is -0.160. The second-order valence-electron chi connectivity index (χ2n) is 9.07. The minimum Gasteiger partial charge on any atom is -0.497 e. The summed E-state index contributed by atoms with van der Waals surface area (Å²) >= 11 is 0. The van der Waals surface area contributed by atoms with Gasteiger partial charge in [0.25, 0.3) is 0 Å². The van der Waals surface area contributed by atoms with Gasteiger partial charge in [-0.3, -0.25) is 4.90 Å². The molecule has 180 valence electrons. The zero-order valence-corrected chi connectivity index (χ0v) is 20.1. The Morgan fingerprint density at radius 2 is 1.76 bits per heavy atom. The van der Waals surface area contributed by atoms with Crippen LogP contribution < -0.4 is 4.74 Å². The largest absolute Gasteiger partial charge is 0.497 e. The summed E-state index contributed by atoms with van der Waals surface area (Å²) in [7, 11) is 1.61. The van der Waals surface area contributed by atoms with Crippen molar-refractivity contribution in [1.82, 2.24) is 4.90 Å². The molecule has 1 amide bonds. The van der Waals surface area contributed by atoms with Crippen molar-refractivity contribution in [3.63, 3.8) is 0 Å². The van der Waals surface area contributed by atoms with Gasteiger partial charge in [0.1, 0.15) is 18.5 Å². The van der Waals surface area contributed by atoms with Crippen molar-refractivity contribution in [3.05, 3.63) is 65.7 Å². The van der Waals surface area contributed by atoms with Crippen LogP contribution in [0.3, 0.4) is 0 Å². The fourth-order valence-corrected chi connectivity index (χ4v) is 4.39. The van der Waals surface area contributed by atoms with Gasteiger partial charge in [-0.15, -0.1) is 0 Å². The smallest absolute Gasteiger partial charge is 0.410 e. The van der Waals surface area contributed by atoms with Crippen molar-refractivity contribution in [1.29, 1.82) is 0 Å². The van der Waals surface area contributed by atoms with E-state index < -0.39 is 23.5 Å². The molecular weight excluding hydrogens is 422 g/mol. The van der Waals surface area contributed by atoms with Crippen molar-refractivity contribution in [2.45, 2.75) is 70.8 Å². The molecule has 1 heterocycles. The Hall–Kier alpha value is -2.61. The molecule has 0 bridgehead atoms. The van der Waals surface area contributed by atoms with Crippen LogP contribution >= 0.6 is 0 Å². The lowest BCUT2D eigenvalue weighted by Gasteiger charge is -2.45. The molecule has 1 aliphatic rings. The lowest BCUT2D eigenvalue weighted by atomic mass is 9.86. The first-order valence-corrected chi connectivity index (χ1v) is 11.3. The molecule has 2 aromatic rings. The summed E-state index contributed by atoms with van der Waals surface area (Å²) in [5.74, 6) is -0.0569. The molecule has 0 radical (unpaired) electrons. The van der Waals surface area contributed by atoms with Gasteiger partial charge in [-0.05, 0) is 57.4 Å². The molecule has 7 nitrogen and oxygen atoms in total. The molecule has 0 unspecified atom stereocenters. The summed E-state index contributed by atoms with van der Waals surface area (Å²) in [5, 5.41) is 9.96. The first kappa shape index (κ1) is 25.0. The lowest BCUT2D eigenvalue weighted by Crippen LogP contribution is -2.59. The van der Waals surface area contributed by atoms with Crippen LogP contribution in [0.15, 0.2) is 54.6 Å². The van der Waals surface area contributed by atoms with Gasteiger partial charge in [0.15, 0.2) is 5.79 Å². The van der Waals surface area contributed by atoms with E-state index in [0.29, 0.717) is 6.42 Å². The Morgan fingerprint density at radius 3 is 2.30 bits per heavy atom. The number of amides is 1. The summed E-state index contributed by atoms with van der Waals surface area (Å²) in [6.07, 6.45) is -0.914. The minimum absolute atomic E-state index is 0.116. The fourth-order valence-electron chi connectivity index (χ4n) is 4.39. The number of carbonyl (C=O) groups is 1. The predicted molar refractivity (Wildman–Crippen MR) is 125 cm³/mol. The number of aliphatic hydroxyl groups is 1. The monoisotopic (exact) mass is 457 g/mol. The van der Waals surface area contributed by atoms with Gasteiger partial charge in [-0.25, -0.2) is 4.79 Å². The molecule has 1 saturated heterocycles. The molecule has 7 heteroatoms. The molecule has 3 rings (SSSR count). The predicted octanol–water partition coefficient (Wildman–Crippen LogP) is 4.52. The maximum Gasteiger partial charge on any atom is 0.410 e. The van der Waals surface area contributed by atoms with Gasteiger partial charge < -0.3 is 24.1 Å². The highest BCUT2D eigenvalue weighted by atomic mass is 16.8. The van der Waals surface area contributed by atoms with Crippen molar-refractivity contribution in [2.24, 2.45) is 0 Å².